The summed E-state index contributed by atoms with van der Waals surface area (Å²) >= 11 is 0. The lowest BCUT2D eigenvalue weighted by Crippen LogP contribution is -2.05. The van der Waals surface area contributed by atoms with Gasteiger partial charge in [-0.05, 0) is 29.8 Å². The van der Waals surface area contributed by atoms with Gasteiger partial charge in [-0.15, -0.1) is 0 Å². The van der Waals surface area contributed by atoms with Gasteiger partial charge in [0.2, 0.25) is 0 Å². The quantitative estimate of drug-likeness (QED) is 0.936. The number of carbonyl (C=O) groups is 1. The molecular weight excluding hydrogens is 274 g/mol. The Morgan fingerprint density at radius 2 is 1.95 bits per heavy atom. The molecule has 2 aromatic carbocycles. The zero-order chi connectivity index (χ0) is 14.5. The van der Waals surface area contributed by atoms with E-state index in [1.807, 2.05) is 6.07 Å². The third kappa shape index (κ3) is 3.11. The van der Waals surface area contributed by atoms with Gasteiger partial charge in [0.25, 0.3) is 0 Å². The highest BCUT2D eigenvalue weighted by molar-refractivity contribution is 7.84. The summed E-state index contributed by atoms with van der Waals surface area (Å²) in [6.45, 7) is 0. The molecule has 0 heterocycles. The molecule has 0 radical (unpaired) electrons. The van der Waals surface area contributed by atoms with Crippen molar-refractivity contribution in [3.05, 3.63) is 65.2 Å². The lowest BCUT2D eigenvalue weighted by atomic mass is 10.2. The van der Waals surface area contributed by atoms with Gasteiger partial charge in [0.1, 0.15) is 0 Å². The fourth-order valence-corrected chi connectivity index (χ4v) is 3.07. The molecule has 100 valence electrons. The minimum Gasteiger partial charge on any atom is -0.478 e. The van der Waals surface area contributed by atoms with Crippen molar-refractivity contribution in [1.82, 2.24) is 0 Å². The van der Waals surface area contributed by atoms with Crippen molar-refractivity contribution in [2.75, 3.05) is 0 Å². The van der Waals surface area contributed by atoms with Gasteiger partial charge in [0.05, 0.1) is 38.6 Å². The van der Waals surface area contributed by atoms with E-state index in [-0.39, 0.29) is 11.3 Å². The smallest absolute Gasteiger partial charge is 0.336 e. The Labute approximate surface area is 118 Å². The van der Waals surface area contributed by atoms with Gasteiger partial charge in [-0.1, -0.05) is 24.3 Å². The number of rotatable bonds is 4. The summed E-state index contributed by atoms with van der Waals surface area (Å²) in [6, 6.07) is 15.1. The molecule has 1 N–H and O–H groups in total. The van der Waals surface area contributed by atoms with E-state index in [1.165, 1.54) is 6.07 Å². The molecule has 5 heteroatoms. The Morgan fingerprint density at radius 3 is 2.65 bits per heavy atom. The van der Waals surface area contributed by atoms with E-state index < -0.39 is 16.8 Å². The summed E-state index contributed by atoms with van der Waals surface area (Å²) in [5.41, 5.74) is 1.27. The number of hydrogen-bond acceptors (Lipinski definition) is 3. The first-order valence-corrected chi connectivity index (χ1v) is 7.13. The van der Waals surface area contributed by atoms with Crippen LogP contribution in [0.5, 0.6) is 0 Å². The van der Waals surface area contributed by atoms with E-state index in [9.17, 15) is 9.00 Å². The molecule has 0 amide bonds. The molecule has 0 spiro atoms. The highest BCUT2D eigenvalue weighted by atomic mass is 32.2. The average Bonchev–Trinajstić information content (AvgIpc) is 2.47. The van der Waals surface area contributed by atoms with Crippen molar-refractivity contribution in [2.24, 2.45) is 0 Å². The van der Waals surface area contributed by atoms with Crippen LogP contribution in [0.4, 0.5) is 0 Å². The molecule has 0 aliphatic heterocycles. The number of carboxylic acid groups (broad SMARTS) is 1. The summed E-state index contributed by atoms with van der Waals surface area (Å²) < 4.78 is 12.3. The van der Waals surface area contributed by atoms with Crippen molar-refractivity contribution in [3.8, 4) is 6.07 Å². The van der Waals surface area contributed by atoms with Crippen molar-refractivity contribution in [2.45, 2.75) is 10.6 Å². The molecule has 0 fully saturated rings. The maximum atomic E-state index is 12.3. The Bertz CT molecular complexity index is 719. The van der Waals surface area contributed by atoms with E-state index in [0.717, 1.165) is 5.56 Å². The van der Waals surface area contributed by atoms with Crippen LogP contribution in [0.15, 0.2) is 53.4 Å². The third-order valence-electron chi connectivity index (χ3n) is 2.72. The SMILES string of the molecule is N#Cc1cccc(CS(=O)c2ccccc2C(=O)O)c1. The molecule has 0 aliphatic carbocycles. The molecule has 0 saturated carbocycles. The van der Waals surface area contributed by atoms with Gasteiger partial charge in [0.15, 0.2) is 0 Å². The number of nitrogens with zero attached hydrogens (tertiary/aromatic N) is 1. The number of aromatic carboxylic acids is 1. The van der Waals surface area contributed by atoms with E-state index >= 15 is 0 Å². The van der Waals surface area contributed by atoms with E-state index in [1.54, 1.807) is 42.5 Å². The Kier molecular flexibility index (Phi) is 4.28. The highest BCUT2D eigenvalue weighted by Crippen LogP contribution is 2.17. The molecular formula is C15H11NO3S. The molecule has 0 aromatic heterocycles. The van der Waals surface area contributed by atoms with Crippen molar-refractivity contribution >= 4 is 16.8 Å². The number of hydrogen-bond donors (Lipinski definition) is 1. The van der Waals surface area contributed by atoms with Crippen LogP contribution in [0.1, 0.15) is 21.5 Å². The van der Waals surface area contributed by atoms with E-state index in [0.29, 0.717) is 10.5 Å². The summed E-state index contributed by atoms with van der Waals surface area (Å²) in [7, 11) is -1.47. The van der Waals surface area contributed by atoms with Gasteiger partial charge in [-0.3, -0.25) is 4.21 Å². The van der Waals surface area contributed by atoms with Crippen LogP contribution in [0, 0.1) is 11.3 Å². The maximum Gasteiger partial charge on any atom is 0.336 e. The van der Waals surface area contributed by atoms with Gasteiger partial charge >= 0.3 is 5.97 Å². The molecule has 4 nitrogen and oxygen atoms in total. The molecule has 1 unspecified atom stereocenters. The second-order valence-corrected chi connectivity index (χ2v) is 5.52. The molecule has 1 atom stereocenters. The van der Waals surface area contributed by atoms with Crippen LogP contribution < -0.4 is 0 Å². The molecule has 20 heavy (non-hydrogen) atoms. The maximum absolute atomic E-state index is 12.3. The zero-order valence-corrected chi connectivity index (χ0v) is 11.3. The molecule has 2 aromatic rings. The fourth-order valence-electron chi connectivity index (χ4n) is 1.80. The molecule has 0 aliphatic rings. The van der Waals surface area contributed by atoms with Gasteiger partial charge in [-0.2, -0.15) is 5.26 Å². The minimum atomic E-state index is -1.47. The zero-order valence-electron chi connectivity index (χ0n) is 10.4. The molecule has 2 rings (SSSR count). The van der Waals surface area contributed by atoms with Crippen LogP contribution in [-0.4, -0.2) is 15.3 Å². The minimum absolute atomic E-state index is 0.0438. The number of carboxylic acids is 1. The Balaban J connectivity index is 2.29. The summed E-state index contributed by atoms with van der Waals surface area (Å²) in [4.78, 5) is 11.4. The summed E-state index contributed by atoms with van der Waals surface area (Å²) in [6.07, 6.45) is 0. The predicted molar refractivity (Wildman–Crippen MR) is 74.7 cm³/mol. The predicted octanol–water partition coefficient (Wildman–Crippen LogP) is 2.56. The van der Waals surface area contributed by atoms with Gasteiger partial charge < -0.3 is 5.11 Å². The van der Waals surface area contributed by atoms with Crippen LogP contribution in [0.3, 0.4) is 0 Å². The Hall–Kier alpha value is -2.45. The van der Waals surface area contributed by atoms with Crippen LogP contribution in [-0.2, 0) is 16.6 Å². The standard InChI is InChI=1S/C15H11NO3S/c16-9-11-4-3-5-12(8-11)10-20(19)14-7-2-1-6-13(14)15(17)18/h1-8H,10H2,(H,17,18). The lowest BCUT2D eigenvalue weighted by molar-refractivity contribution is 0.0693. The Morgan fingerprint density at radius 1 is 1.20 bits per heavy atom. The van der Waals surface area contributed by atoms with Crippen LogP contribution >= 0.6 is 0 Å². The second-order valence-electron chi connectivity index (χ2n) is 4.10. The van der Waals surface area contributed by atoms with Crippen LogP contribution in [0.25, 0.3) is 0 Å². The van der Waals surface area contributed by atoms with Crippen molar-refractivity contribution < 1.29 is 14.1 Å². The first-order chi connectivity index (χ1) is 9.61. The van der Waals surface area contributed by atoms with Crippen molar-refractivity contribution in [3.63, 3.8) is 0 Å². The number of nitriles is 1. The highest BCUT2D eigenvalue weighted by Gasteiger charge is 2.14. The van der Waals surface area contributed by atoms with Crippen LogP contribution in [0.2, 0.25) is 0 Å². The topological polar surface area (TPSA) is 78.2 Å². The van der Waals surface area contributed by atoms with Gasteiger partial charge in [0, 0.05) is 0 Å². The van der Waals surface area contributed by atoms with Crippen molar-refractivity contribution in [1.29, 1.82) is 5.26 Å². The molecule has 0 saturated heterocycles. The first kappa shape index (κ1) is 14.0. The van der Waals surface area contributed by atoms with Gasteiger partial charge in [-0.25, -0.2) is 4.79 Å². The normalized spacial score (nSPS) is 11.6. The fraction of sp³-hybridized carbons (Fsp3) is 0.0667. The second kappa shape index (κ2) is 6.13. The monoisotopic (exact) mass is 285 g/mol. The average molecular weight is 285 g/mol. The third-order valence-corrected chi connectivity index (χ3v) is 4.16. The molecule has 0 bridgehead atoms. The summed E-state index contributed by atoms with van der Waals surface area (Å²) in [5, 5.41) is 17.9. The van der Waals surface area contributed by atoms with E-state index in [4.69, 9.17) is 10.4 Å². The van der Waals surface area contributed by atoms with E-state index in [2.05, 4.69) is 0 Å². The first-order valence-electron chi connectivity index (χ1n) is 5.81. The largest absolute Gasteiger partial charge is 0.478 e. The lowest BCUT2D eigenvalue weighted by Gasteiger charge is -2.06. The summed E-state index contributed by atoms with van der Waals surface area (Å²) in [5.74, 6) is -0.917. The number of benzene rings is 2.